The molecule has 1 aliphatic heterocycles. The molecule has 1 aromatic carbocycles. The fourth-order valence-electron chi connectivity index (χ4n) is 2.78. The molecule has 0 radical (unpaired) electrons. The molecule has 5 heteroatoms. The molecule has 1 aliphatic rings. The van der Waals surface area contributed by atoms with Crippen LogP contribution in [0.3, 0.4) is 0 Å². The Labute approximate surface area is 129 Å². The van der Waals surface area contributed by atoms with Gasteiger partial charge in [-0.15, -0.1) is 0 Å². The average molecular weight is 310 g/mol. The van der Waals surface area contributed by atoms with E-state index in [4.69, 9.17) is 16.7 Å². The minimum absolute atomic E-state index is 0.0555. The number of aryl methyl sites for hydroxylation is 1. The number of carbonyl (C=O) groups is 2. The van der Waals surface area contributed by atoms with Crippen molar-refractivity contribution < 1.29 is 14.7 Å². The smallest absolute Gasteiger partial charge is 0.303 e. The second-order valence-corrected chi connectivity index (χ2v) is 6.08. The first-order chi connectivity index (χ1) is 9.97. The molecule has 1 unspecified atom stereocenters. The molecular formula is C16H20ClNO3. The quantitative estimate of drug-likeness (QED) is 0.927. The van der Waals surface area contributed by atoms with Gasteiger partial charge in [0.25, 0.3) is 5.91 Å². The highest BCUT2D eigenvalue weighted by Crippen LogP contribution is 2.25. The maximum atomic E-state index is 12.5. The van der Waals surface area contributed by atoms with Crippen LogP contribution in [0.5, 0.6) is 0 Å². The van der Waals surface area contributed by atoms with Crippen LogP contribution in [-0.4, -0.2) is 35.0 Å². The van der Waals surface area contributed by atoms with E-state index in [1.165, 1.54) is 0 Å². The lowest BCUT2D eigenvalue weighted by Crippen LogP contribution is -2.40. The summed E-state index contributed by atoms with van der Waals surface area (Å²) < 4.78 is 0. The Balaban J connectivity index is 2.03. The van der Waals surface area contributed by atoms with Gasteiger partial charge in [-0.25, -0.2) is 0 Å². The van der Waals surface area contributed by atoms with Crippen LogP contribution in [0.4, 0.5) is 0 Å². The van der Waals surface area contributed by atoms with Crippen molar-refractivity contribution in [3.05, 3.63) is 34.3 Å². The van der Waals surface area contributed by atoms with Gasteiger partial charge in [-0.2, -0.15) is 0 Å². The van der Waals surface area contributed by atoms with Gasteiger partial charge in [0, 0.05) is 19.5 Å². The molecule has 0 aromatic heterocycles. The number of aliphatic carboxylic acids is 1. The predicted molar refractivity (Wildman–Crippen MR) is 81.7 cm³/mol. The fraction of sp³-hybridized carbons (Fsp3) is 0.500. The molecule has 0 aliphatic carbocycles. The molecule has 1 saturated heterocycles. The summed E-state index contributed by atoms with van der Waals surface area (Å²) in [6.45, 7) is 3.27. The van der Waals surface area contributed by atoms with Crippen LogP contribution in [0.2, 0.25) is 5.02 Å². The Morgan fingerprint density at radius 1 is 1.43 bits per heavy atom. The molecule has 0 saturated carbocycles. The number of piperidine rings is 1. The van der Waals surface area contributed by atoms with Gasteiger partial charge < -0.3 is 10.0 Å². The van der Waals surface area contributed by atoms with Crippen molar-refractivity contribution in [1.29, 1.82) is 0 Å². The summed E-state index contributed by atoms with van der Waals surface area (Å²) in [6.07, 6.45) is 2.69. The number of carboxylic acids is 1. The van der Waals surface area contributed by atoms with Crippen molar-refractivity contribution in [2.75, 3.05) is 13.1 Å². The minimum atomic E-state index is -0.778. The van der Waals surface area contributed by atoms with Crippen LogP contribution in [0.25, 0.3) is 0 Å². The van der Waals surface area contributed by atoms with Crippen LogP contribution >= 0.6 is 11.6 Å². The minimum Gasteiger partial charge on any atom is -0.481 e. The lowest BCUT2D eigenvalue weighted by molar-refractivity contribution is -0.137. The molecule has 0 spiro atoms. The third kappa shape index (κ3) is 4.21. The standard InChI is InChI=1S/C16H20ClNO3/c1-11-4-6-13(14(17)9-11)16(21)18-8-2-3-12(10-18)5-7-15(19)20/h4,6,9,12H,2-3,5,7-8,10H2,1H3,(H,19,20). The summed E-state index contributed by atoms with van der Waals surface area (Å²) in [5.74, 6) is -0.567. The van der Waals surface area contributed by atoms with E-state index < -0.39 is 5.97 Å². The van der Waals surface area contributed by atoms with E-state index in [-0.39, 0.29) is 18.2 Å². The van der Waals surface area contributed by atoms with E-state index in [1.807, 2.05) is 13.0 Å². The molecule has 1 atom stereocenters. The number of hydrogen-bond acceptors (Lipinski definition) is 2. The molecule has 1 N–H and O–H groups in total. The van der Waals surface area contributed by atoms with Crippen LogP contribution in [-0.2, 0) is 4.79 Å². The largest absolute Gasteiger partial charge is 0.481 e. The first kappa shape index (κ1) is 15.8. The zero-order valence-electron chi connectivity index (χ0n) is 12.1. The van der Waals surface area contributed by atoms with Crippen LogP contribution in [0.15, 0.2) is 18.2 Å². The first-order valence-electron chi connectivity index (χ1n) is 7.24. The Kier molecular flexibility index (Phi) is 5.23. The third-order valence-electron chi connectivity index (χ3n) is 3.93. The van der Waals surface area contributed by atoms with E-state index in [2.05, 4.69) is 0 Å². The van der Waals surface area contributed by atoms with Crippen LogP contribution < -0.4 is 0 Å². The molecule has 2 rings (SSSR count). The first-order valence-corrected chi connectivity index (χ1v) is 7.62. The normalized spacial score (nSPS) is 18.6. The summed E-state index contributed by atoms with van der Waals surface area (Å²) in [4.78, 5) is 25.0. The number of hydrogen-bond donors (Lipinski definition) is 1. The number of carboxylic acid groups (broad SMARTS) is 1. The number of benzene rings is 1. The highest BCUT2D eigenvalue weighted by Gasteiger charge is 2.25. The number of amides is 1. The van der Waals surface area contributed by atoms with Crippen molar-refractivity contribution >= 4 is 23.5 Å². The lowest BCUT2D eigenvalue weighted by atomic mass is 9.93. The summed E-state index contributed by atoms with van der Waals surface area (Å²) in [5, 5.41) is 9.24. The highest BCUT2D eigenvalue weighted by molar-refractivity contribution is 6.33. The monoisotopic (exact) mass is 309 g/mol. The van der Waals surface area contributed by atoms with Gasteiger partial charge in [-0.3, -0.25) is 9.59 Å². The molecule has 4 nitrogen and oxygen atoms in total. The van der Waals surface area contributed by atoms with Crippen LogP contribution in [0, 0.1) is 12.8 Å². The van der Waals surface area contributed by atoms with Gasteiger partial charge in [0.2, 0.25) is 0 Å². The summed E-state index contributed by atoms with van der Waals surface area (Å²) in [7, 11) is 0. The van der Waals surface area contributed by atoms with Crippen molar-refractivity contribution in [1.82, 2.24) is 4.90 Å². The topological polar surface area (TPSA) is 57.6 Å². The Hall–Kier alpha value is -1.55. The maximum Gasteiger partial charge on any atom is 0.303 e. The molecule has 114 valence electrons. The summed E-state index contributed by atoms with van der Waals surface area (Å²) >= 11 is 6.16. The van der Waals surface area contributed by atoms with Crippen molar-refractivity contribution in [2.45, 2.75) is 32.6 Å². The number of rotatable bonds is 4. The Morgan fingerprint density at radius 3 is 2.86 bits per heavy atom. The van der Waals surface area contributed by atoms with Gasteiger partial charge >= 0.3 is 5.97 Å². The maximum absolute atomic E-state index is 12.5. The summed E-state index contributed by atoms with van der Waals surface area (Å²) in [6, 6.07) is 5.44. The van der Waals surface area contributed by atoms with E-state index >= 15 is 0 Å². The average Bonchev–Trinajstić information content (AvgIpc) is 2.45. The second kappa shape index (κ2) is 6.94. The van der Waals surface area contributed by atoms with Crippen molar-refractivity contribution in [3.63, 3.8) is 0 Å². The number of halogens is 1. The lowest BCUT2D eigenvalue weighted by Gasteiger charge is -2.33. The number of carbonyl (C=O) groups excluding carboxylic acids is 1. The zero-order valence-corrected chi connectivity index (χ0v) is 12.9. The number of nitrogens with zero attached hydrogens (tertiary/aromatic N) is 1. The highest BCUT2D eigenvalue weighted by atomic mass is 35.5. The molecule has 1 amide bonds. The van der Waals surface area contributed by atoms with Gasteiger partial charge in [0.15, 0.2) is 0 Å². The molecular weight excluding hydrogens is 290 g/mol. The molecule has 1 heterocycles. The van der Waals surface area contributed by atoms with Gasteiger partial charge in [0.1, 0.15) is 0 Å². The Bertz CT molecular complexity index is 544. The van der Waals surface area contributed by atoms with E-state index in [1.54, 1.807) is 17.0 Å². The number of likely N-dealkylation sites (tertiary alicyclic amines) is 1. The Morgan fingerprint density at radius 2 is 2.19 bits per heavy atom. The molecule has 21 heavy (non-hydrogen) atoms. The van der Waals surface area contributed by atoms with Gasteiger partial charge in [-0.1, -0.05) is 17.7 Å². The van der Waals surface area contributed by atoms with E-state index in [0.29, 0.717) is 30.1 Å². The third-order valence-corrected chi connectivity index (χ3v) is 4.24. The molecule has 1 fully saturated rings. The summed E-state index contributed by atoms with van der Waals surface area (Å²) in [5.41, 5.74) is 1.55. The van der Waals surface area contributed by atoms with E-state index in [0.717, 1.165) is 18.4 Å². The SMILES string of the molecule is Cc1ccc(C(=O)N2CCCC(CCC(=O)O)C2)c(Cl)c1. The van der Waals surface area contributed by atoms with Crippen molar-refractivity contribution in [2.24, 2.45) is 5.92 Å². The second-order valence-electron chi connectivity index (χ2n) is 5.68. The zero-order chi connectivity index (χ0) is 15.4. The predicted octanol–water partition coefficient (Wildman–Crippen LogP) is 3.37. The van der Waals surface area contributed by atoms with E-state index in [9.17, 15) is 9.59 Å². The van der Waals surface area contributed by atoms with Gasteiger partial charge in [0.05, 0.1) is 10.6 Å². The fourth-order valence-corrected chi connectivity index (χ4v) is 3.09. The van der Waals surface area contributed by atoms with Crippen molar-refractivity contribution in [3.8, 4) is 0 Å². The van der Waals surface area contributed by atoms with Gasteiger partial charge in [-0.05, 0) is 49.8 Å². The molecule has 0 bridgehead atoms. The molecule has 1 aromatic rings. The van der Waals surface area contributed by atoms with Crippen LogP contribution in [0.1, 0.15) is 41.6 Å².